The lowest BCUT2D eigenvalue weighted by Crippen LogP contribution is -2.34. The number of halogens is 1. The summed E-state index contributed by atoms with van der Waals surface area (Å²) >= 11 is 0. The molecule has 1 N–H and O–H groups in total. The molecule has 0 bridgehead atoms. The van der Waals surface area contributed by atoms with Gasteiger partial charge in [0.1, 0.15) is 11.6 Å². The van der Waals surface area contributed by atoms with Crippen molar-refractivity contribution < 1.29 is 18.0 Å². The van der Waals surface area contributed by atoms with E-state index in [1.54, 1.807) is 24.5 Å². The maximum atomic E-state index is 13.8. The molecular weight excluding hydrogens is 349 g/mol. The second-order valence-electron chi connectivity index (χ2n) is 6.40. The standard InChI is InChI=1S/C20H22FN3O3/c1-24(2)16(17-8-5-11-26-17)12-22-19(25)9-10-20-23-13-18(27-20)14-6-3-4-7-15(14)21/h3-8,11,13,16H,9-10,12H2,1-2H3,(H,22,25)/t16-/m0/s1. The summed E-state index contributed by atoms with van der Waals surface area (Å²) in [5.41, 5.74) is 0.355. The monoisotopic (exact) mass is 371 g/mol. The molecule has 0 spiro atoms. The summed E-state index contributed by atoms with van der Waals surface area (Å²) in [5, 5.41) is 2.90. The fraction of sp³-hybridized carbons (Fsp3) is 0.300. The summed E-state index contributed by atoms with van der Waals surface area (Å²) in [4.78, 5) is 18.3. The fourth-order valence-electron chi connectivity index (χ4n) is 2.75. The van der Waals surface area contributed by atoms with Crippen molar-refractivity contribution in [3.05, 3.63) is 66.3 Å². The molecule has 6 nitrogen and oxygen atoms in total. The van der Waals surface area contributed by atoms with Gasteiger partial charge in [-0.2, -0.15) is 0 Å². The zero-order valence-electron chi connectivity index (χ0n) is 15.3. The van der Waals surface area contributed by atoms with Gasteiger partial charge in [-0.05, 0) is 38.4 Å². The number of hydrogen-bond donors (Lipinski definition) is 1. The van der Waals surface area contributed by atoms with Crippen LogP contribution in [0.25, 0.3) is 11.3 Å². The van der Waals surface area contributed by atoms with E-state index in [1.165, 1.54) is 12.3 Å². The van der Waals surface area contributed by atoms with E-state index < -0.39 is 0 Å². The molecule has 0 fully saturated rings. The van der Waals surface area contributed by atoms with Crippen LogP contribution in [0.2, 0.25) is 0 Å². The Kier molecular flexibility index (Phi) is 6.03. The zero-order valence-corrected chi connectivity index (χ0v) is 15.3. The van der Waals surface area contributed by atoms with Crippen LogP contribution in [0.3, 0.4) is 0 Å². The number of furan rings is 1. The number of rotatable bonds is 8. The van der Waals surface area contributed by atoms with E-state index in [4.69, 9.17) is 8.83 Å². The maximum absolute atomic E-state index is 13.8. The average molecular weight is 371 g/mol. The van der Waals surface area contributed by atoms with Crippen LogP contribution in [-0.4, -0.2) is 36.4 Å². The lowest BCUT2D eigenvalue weighted by molar-refractivity contribution is -0.121. The number of oxazole rings is 1. The smallest absolute Gasteiger partial charge is 0.220 e. The predicted molar refractivity (Wildman–Crippen MR) is 98.4 cm³/mol. The molecule has 0 aliphatic heterocycles. The van der Waals surface area contributed by atoms with Crippen LogP contribution >= 0.6 is 0 Å². The summed E-state index contributed by atoms with van der Waals surface area (Å²) in [7, 11) is 3.85. The summed E-state index contributed by atoms with van der Waals surface area (Å²) in [5.74, 6) is 1.07. The molecule has 7 heteroatoms. The van der Waals surface area contributed by atoms with Crippen LogP contribution in [0.5, 0.6) is 0 Å². The number of benzene rings is 1. The van der Waals surface area contributed by atoms with Crippen molar-refractivity contribution in [1.29, 1.82) is 0 Å². The van der Waals surface area contributed by atoms with Gasteiger partial charge in [-0.25, -0.2) is 9.37 Å². The lowest BCUT2D eigenvalue weighted by atomic mass is 10.2. The number of carbonyl (C=O) groups excluding carboxylic acids is 1. The Bertz CT molecular complexity index is 874. The van der Waals surface area contributed by atoms with Gasteiger partial charge in [-0.3, -0.25) is 9.69 Å². The summed E-state index contributed by atoms with van der Waals surface area (Å²) in [6.45, 7) is 0.436. The van der Waals surface area contributed by atoms with Crippen molar-refractivity contribution in [2.24, 2.45) is 0 Å². The van der Waals surface area contributed by atoms with Gasteiger partial charge in [-0.15, -0.1) is 0 Å². The van der Waals surface area contributed by atoms with Crippen LogP contribution in [0.15, 0.2) is 57.7 Å². The number of carbonyl (C=O) groups is 1. The normalized spacial score (nSPS) is 12.3. The van der Waals surface area contributed by atoms with Gasteiger partial charge in [-0.1, -0.05) is 12.1 Å². The Morgan fingerprint density at radius 3 is 2.78 bits per heavy atom. The van der Waals surface area contributed by atoms with Crippen molar-refractivity contribution in [2.75, 3.05) is 20.6 Å². The Labute approximate surface area is 157 Å². The zero-order chi connectivity index (χ0) is 19.2. The van der Waals surface area contributed by atoms with Crippen LogP contribution in [0, 0.1) is 5.82 Å². The van der Waals surface area contributed by atoms with E-state index in [0.29, 0.717) is 30.2 Å². The molecule has 3 aromatic rings. The van der Waals surface area contributed by atoms with Crippen molar-refractivity contribution in [2.45, 2.75) is 18.9 Å². The van der Waals surface area contributed by atoms with E-state index in [9.17, 15) is 9.18 Å². The topological polar surface area (TPSA) is 71.5 Å². The third-order valence-electron chi connectivity index (χ3n) is 4.25. The van der Waals surface area contributed by atoms with Gasteiger partial charge >= 0.3 is 0 Å². The van der Waals surface area contributed by atoms with E-state index >= 15 is 0 Å². The first-order chi connectivity index (χ1) is 13.0. The molecule has 27 heavy (non-hydrogen) atoms. The Balaban J connectivity index is 1.52. The largest absolute Gasteiger partial charge is 0.468 e. The fourth-order valence-corrected chi connectivity index (χ4v) is 2.75. The minimum atomic E-state index is -0.370. The molecule has 1 atom stereocenters. The van der Waals surface area contributed by atoms with Crippen molar-refractivity contribution in [3.63, 3.8) is 0 Å². The SMILES string of the molecule is CN(C)[C@@H](CNC(=O)CCc1ncc(-c2ccccc2F)o1)c1ccco1. The van der Waals surface area contributed by atoms with Gasteiger partial charge < -0.3 is 14.2 Å². The highest BCUT2D eigenvalue weighted by molar-refractivity contribution is 5.76. The molecule has 1 aromatic carbocycles. The third-order valence-corrected chi connectivity index (χ3v) is 4.25. The molecule has 3 rings (SSSR count). The number of nitrogens with zero attached hydrogens (tertiary/aromatic N) is 2. The van der Waals surface area contributed by atoms with Gasteiger partial charge in [0.05, 0.1) is 24.1 Å². The van der Waals surface area contributed by atoms with E-state index in [-0.39, 0.29) is 24.2 Å². The molecule has 0 aliphatic rings. The maximum Gasteiger partial charge on any atom is 0.220 e. The lowest BCUT2D eigenvalue weighted by Gasteiger charge is -2.22. The van der Waals surface area contributed by atoms with Gasteiger partial charge in [0, 0.05) is 19.4 Å². The summed E-state index contributed by atoms with van der Waals surface area (Å²) in [6.07, 6.45) is 3.66. The number of likely N-dealkylation sites (N-methyl/N-ethyl adjacent to an activating group) is 1. The van der Waals surface area contributed by atoms with Crippen molar-refractivity contribution >= 4 is 5.91 Å². The van der Waals surface area contributed by atoms with Crippen LogP contribution in [0.1, 0.15) is 24.1 Å². The summed E-state index contributed by atoms with van der Waals surface area (Å²) < 4.78 is 24.8. The number of aryl methyl sites for hydroxylation is 1. The van der Waals surface area contributed by atoms with E-state index in [2.05, 4.69) is 10.3 Å². The minimum Gasteiger partial charge on any atom is -0.468 e. The predicted octanol–water partition coefficient (Wildman–Crippen LogP) is 3.43. The molecular formula is C20H22FN3O3. The van der Waals surface area contributed by atoms with Crippen LogP contribution < -0.4 is 5.32 Å². The highest BCUT2D eigenvalue weighted by Gasteiger charge is 2.18. The third kappa shape index (κ3) is 4.83. The van der Waals surface area contributed by atoms with Gasteiger partial charge in [0.2, 0.25) is 5.91 Å². The molecule has 1 amide bonds. The first-order valence-electron chi connectivity index (χ1n) is 8.70. The number of aromatic nitrogens is 1. The molecule has 2 aromatic heterocycles. The Hall–Kier alpha value is -2.93. The first-order valence-corrected chi connectivity index (χ1v) is 8.70. The van der Waals surface area contributed by atoms with Crippen molar-refractivity contribution in [3.8, 4) is 11.3 Å². The minimum absolute atomic E-state index is 0.0432. The Morgan fingerprint density at radius 2 is 2.07 bits per heavy atom. The molecule has 0 radical (unpaired) electrons. The van der Waals surface area contributed by atoms with E-state index in [0.717, 1.165) is 5.76 Å². The van der Waals surface area contributed by atoms with Crippen molar-refractivity contribution in [1.82, 2.24) is 15.2 Å². The second kappa shape index (κ2) is 8.64. The number of amides is 1. The molecule has 0 unspecified atom stereocenters. The van der Waals surface area contributed by atoms with Crippen LogP contribution in [-0.2, 0) is 11.2 Å². The van der Waals surface area contributed by atoms with Gasteiger partial charge in [0.25, 0.3) is 0 Å². The number of hydrogen-bond acceptors (Lipinski definition) is 5. The van der Waals surface area contributed by atoms with Crippen LogP contribution in [0.4, 0.5) is 4.39 Å². The molecule has 0 saturated carbocycles. The Morgan fingerprint density at radius 1 is 1.26 bits per heavy atom. The van der Waals surface area contributed by atoms with Gasteiger partial charge in [0.15, 0.2) is 11.7 Å². The molecule has 0 aliphatic carbocycles. The highest BCUT2D eigenvalue weighted by Crippen LogP contribution is 2.23. The average Bonchev–Trinajstić information content (AvgIpc) is 3.32. The molecule has 142 valence electrons. The second-order valence-corrected chi connectivity index (χ2v) is 6.40. The quantitative estimate of drug-likeness (QED) is 0.657. The number of nitrogens with one attached hydrogen (secondary N) is 1. The molecule has 2 heterocycles. The molecule has 0 saturated heterocycles. The summed E-state index contributed by atoms with van der Waals surface area (Å²) in [6, 6.07) is 10.0. The first kappa shape index (κ1) is 18.8. The highest BCUT2D eigenvalue weighted by atomic mass is 19.1. The van der Waals surface area contributed by atoms with E-state index in [1.807, 2.05) is 31.1 Å².